The van der Waals surface area contributed by atoms with Crippen LogP contribution in [-0.4, -0.2) is 47.6 Å². The van der Waals surface area contributed by atoms with Crippen LogP contribution in [0.3, 0.4) is 0 Å². The van der Waals surface area contributed by atoms with Crippen LogP contribution in [0.1, 0.15) is 29.3 Å². The average molecular weight is 536 g/mol. The molecule has 1 N–H and O–H groups in total. The van der Waals surface area contributed by atoms with Crippen LogP contribution in [-0.2, 0) is 20.9 Å². The van der Waals surface area contributed by atoms with Gasteiger partial charge in [-0.2, -0.15) is 0 Å². The number of carbonyl (C=O) groups is 3. The number of anilines is 2. The maximum Gasteiger partial charge on any atom is 0.338 e. The lowest BCUT2D eigenvalue weighted by Crippen LogP contribution is -2.37. The summed E-state index contributed by atoms with van der Waals surface area (Å²) < 4.78 is 23.7. The van der Waals surface area contributed by atoms with E-state index >= 15 is 0 Å². The number of methoxy groups -OCH3 is 1. The molecule has 1 fully saturated rings. The molecule has 1 heterocycles. The predicted molar refractivity (Wildman–Crippen MR) is 144 cm³/mol. The number of thiocarbonyl (C=S) groups is 1. The molecule has 1 atom stereocenters. The molecular formula is C28H26FN3O5S. The monoisotopic (exact) mass is 535 g/mol. The highest BCUT2D eigenvalue weighted by atomic mass is 32.1. The van der Waals surface area contributed by atoms with Crippen LogP contribution < -0.4 is 15.0 Å². The van der Waals surface area contributed by atoms with Gasteiger partial charge in [0, 0.05) is 12.2 Å². The standard InChI is InChI=1S/C28H26FN3O5S/c1-3-37-27(35)19-6-10-21(11-7-19)30-25(33)16-24-26(34)32(22-12-8-20(29)9-13-22)28(38)31(24)17-18-4-14-23(36-2)15-5-18/h4-15,24H,3,16-17H2,1-2H3,(H,30,33). The van der Waals surface area contributed by atoms with Crippen molar-refractivity contribution in [1.29, 1.82) is 0 Å². The maximum atomic E-state index is 13.5. The van der Waals surface area contributed by atoms with E-state index in [1.807, 2.05) is 12.1 Å². The molecule has 196 valence electrons. The van der Waals surface area contributed by atoms with Gasteiger partial charge in [0.2, 0.25) is 5.91 Å². The molecule has 3 aromatic carbocycles. The number of hydrogen-bond acceptors (Lipinski definition) is 6. The summed E-state index contributed by atoms with van der Waals surface area (Å²) in [6.45, 7) is 2.26. The zero-order chi connectivity index (χ0) is 27.2. The highest BCUT2D eigenvalue weighted by Gasteiger charge is 2.44. The SMILES string of the molecule is CCOC(=O)c1ccc(NC(=O)CC2C(=O)N(c3ccc(F)cc3)C(=S)N2Cc2ccc(OC)cc2)cc1. The van der Waals surface area contributed by atoms with Crippen molar-refractivity contribution < 1.29 is 28.2 Å². The van der Waals surface area contributed by atoms with E-state index in [9.17, 15) is 18.8 Å². The first-order valence-corrected chi connectivity index (χ1v) is 12.3. The molecule has 2 amide bonds. The summed E-state index contributed by atoms with van der Waals surface area (Å²) in [6, 6.07) is 18.2. The number of halogens is 1. The Morgan fingerprint density at radius 1 is 1.00 bits per heavy atom. The van der Waals surface area contributed by atoms with Crippen LogP contribution in [0, 0.1) is 5.82 Å². The van der Waals surface area contributed by atoms with E-state index in [4.69, 9.17) is 21.7 Å². The molecule has 1 aliphatic heterocycles. The topological polar surface area (TPSA) is 88.2 Å². The van der Waals surface area contributed by atoms with Crippen molar-refractivity contribution in [2.75, 3.05) is 23.9 Å². The van der Waals surface area contributed by atoms with Crippen molar-refractivity contribution >= 4 is 46.5 Å². The largest absolute Gasteiger partial charge is 0.497 e. The molecule has 1 aliphatic rings. The molecule has 0 spiro atoms. The van der Waals surface area contributed by atoms with E-state index < -0.39 is 23.7 Å². The lowest BCUT2D eigenvalue weighted by atomic mass is 10.1. The number of amides is 2. The maximum absolute atomic E-state index is 13.5. The second-order valence-corrected chi connectivity index (χ2v) is 8.84. The highest BCUT2D eigenvalue weighted by Crippen LogP contribution is 2.29. The van der Waals surface area contributed by atoms with Crippen LogP contribution in [0.2, 0.25) is 0 Å². The van der Waals surface area contributed by atoms with Gasteiger partial charge in [-0.3, -0.25) is 14.5 Å². The smallest absolute Gasteiger partial charge is 0.338 e. The van der Waals surface area contributed by atoms with Gasteiger partial charge in [0.25, 0.3) is 5.91 Å². The van der Waals surface area contributed by atoms with Gasteiger partial charge >= 0.3 is 5.97 Å². The summed E-state index contributed by atoms with van der Waals surface area (Å²) in [5.74, 6) is -0.998. The molecule has 10 heteroatoms. The van der Waals surface area contributed by atoms with Gasteiger partial charge in [-0.1, -0.05) is 12.1 Å². The Bertz CT molecular complexity index is 1330. The van der Waals surface area contributed by atoms with Gasteiger partial charge in [0.1, 0.15) is 17.6 Å². The number of nitrogens with one attached hydrogen (secondary N) is 1. The number of carbonyl (C=O) groups excluding carboxylic acids is 3. The van der Waals surface area contributed by atoms with Crippen molar-refractivity contribution in [3.63, 3.8) is 0 Å². The van der Waals surface area contributed by atoms with Crippen molar-refractivity contribution in [2.24, 2.45) is 0 Å². The Morgan fingerprint density at radius 3 is 2.26 bits per heavy atom. The van der Waals surface area contributed by atoms with Gasteiger partial charge in [0.15, 0.2) is 5.11 Å². The number of benzene rings is 3. The minimum atomic E-state index is -0.881. The fourth-order valence-electron chi connectivity index (χ4n) is 4.06. The second-order valence-electron chi connectivity index (χ2n) is 8.47. The van der Waals surface area contributed by atoms with Crippen molar-refractivity contribution in [3.8, 4) is 5.75 Å². The van der Waals surface area contributed by atoms with Crippen molar-refractivity contribution in [3.05, 3.63) is 89.7 Å². The zero-order valence-electron chi connectivity index (χ0n) is 20.8. The fraction of sp³-hybridized carbons (Fsp3) is 0.214. The number of rotatable bonds is 9. The minimum Gasteiger partial charge on any atom is -0.497 e. The molecule has 1 saturated heterocycles. The van der Waals surface area contributed by atoms with Crippen molar-refractivity contribution in [1.82, 2.24) is 4.90 Å². The third-order valence-corrected chi connectivity index (χ3v) is 6.39. The molecule has 8 nitrogen and oxygen atoms in total. The predicted octanol–water partition coefficient (Wildman–Crippen LogP) is 4.54. The lowest BCUT2D eigenvalue weighted by molar-refractivity contribution is -0.124. The normalized spacial score (nSPS) is 15.0. The molecule has 0 radical (unpaired) electrons. The number of ether oxygens (including phenoxy) is 2. The van der Waals surface area contributed by atoms with Gasteiger partial charge in [-0.05, 0) is 85.4 Å². The third-order valence-electron chi connectivity index (χ3n) is 5.97. The fourth-order valence-corrected chi connectivity index (χ4v) is 4.45. The highest BCUT2D eigenvalue weighted by molar-refractivity contribution is 7.80. The Morgan fingerprint density at radius 2 is 1.66 bits per heavy atom. The first kappa shape index (κ1) is 26.7. The molecule has 38 heavy (non-hydrogen) atoms. The van der Waals surface area contributed by atoms with E-state index in [1.54, 1.807) is 55.3 Å². The summed E-state index contributed by atoms with van der Waals surface area (Å²) in [7, 11) is 1.57. The zero-order valence-corrected chi connectivity index (χ0v) is 21.7. The summed E-state index contributed by atoms with van der Waals surface area (Å²) in [5.41, 5.74) is 2.11. The molecule has 0 aliphatic carbocycles. The summed E-state index contributed by atoms with van der Waals surface area (Å²) in [6.07, 6.45) is -0.174. The number of nitrogens with zero attached hydrogens (tertiary/aromatic N) is 2. The van der Waals surface area contributed by atoms with Gasteiger partial charge < -0.3 is 19.7 Å². The van der Waals surface area contributed by atoms with Crippen LogP contribution >= 0.6 is 12.2 Å². The lowest BCUT2D eigenvalue weighted by Gasteiger charge is -2.24. The Balaban J connectivity index is 1.54. The van der Waals surface area contributed by atoms with Crippen molar-refractivity contribution in [2.45, 2.75) is 25.9 Å². The van der Waals surface area contributed by atoms with Crippen LogP contribution in [0.4, 0.5) is 15.8 Å². The second kappa shape index (κ2) is 11.8. The molecule has 1 unspecified atom stereocenters. The van der Waals surface area contributed by atoms with Crippen LogP contribution in [0.5, 0.6) is 5.75 Å². The van der Waals surface area contributed by atoms with E-state index in [-0.39, 0.29) is 30.6 Å². The Hall–Kier alpha value is -4.31. The van der Waals surface area contributed by atoms with E-state index in [1.165, 1.54) is 29.2 Å². The average Bonchev–Trinajstić information content (AvgIpc) is 3.14. The van der Waals surface area contributed by atoms with Crippen LogP contribution in [0.25, 0.3) is 0 Å². The number of esters is 1. The minimum absolute atomic E-state index is 0.174. The Labute approximate surface area is 224 Å². The van der Waals surface area contributed by atoms with E-state index in [0.29, 0.717) is 22.7 Å². The quantitative estimate of drug-likeness (QED) is 0.318. The van der Waals surface area contributed by atoms with Gasteiger partial charge in [-0.15, -0.1) is 0 Å². The summed E-state index contributed by atoms with van der Waals surface area (Å²) in [4.78, 5) is 41.4. The number of hydrogen-bond donors (Lipinski definition) is 1. The van der Waals surface area contributed by atoms with Gasteiger partial charge in [-0.25, -0.2) is 9.18 Å². The third kappa shape index (κ3) is 5.97. The molecule has 0 saturated carbocycles. The molecule has 0 bridgehead atoms. The Kier molecular flexibility index (Phi) is 8.32. The molecular weight excluding hydrogens is 509 g/mol. The molecule has 3 aromatic rings. The summed E-state index contributed by atoms with van der Waals surface area (Å²) >= 11 is 5.66. The van der Waals surface area contributed by atoms with E-state index in [0.717, 1.165) is 5.56 Å². The molecule has 0 aromatic heterocycles. The van der Waals surface area contributed by atoms with E-state index in [2.05, 4.69) is 5.32 Å². The first-order chi connectivity index (χ1) is 18.3. The molecule has 4 rings (SSSR count). The first-order valence-electron chi connectivity index (χ1n) is 11.9. The van der Waals surface area contributed by atoms with Crippen LogP contribution in [0.15, 0.2) is 72.8 Å². The van der Waals surface area contributed by atoms with Gasteiger partial charge in [0.05, 0.1) is 31.4 Å². The summed E-state index contributed by atoms with van der Waals surface area (Å²) in [5, 5.41) is 2.98.